The molecule has 3 heterocycles. The first-order valence-corrected chi connectivity index (χ1v) is 15.1. The van der Waals surface area contributed by atoms with Crippen molar-refractivity contribution in [1.29, 1.82) is 0 Å². The van der Waals surface area contributed by atoms with Crippen LogP contribution in [0.15, 0.2) is 33.9 Å². The number of thiophene rings is 1. The van der Waals surface area contributed by atoms with Crippen LogP contribution in [0.1, 0.15) is 74.8 Å². The summed E-state index contributed by atoms with van der Waals surface area (Å²) in [5.41, 5.74) is -1.82. The Balaban J connectivity index is 1.71. The van der Waals surface area contributed by atoms with Gasteiger partial charge in [0, 0.05) is 12.1 Å². The third-order valence-corrected chi connectivity index (χ3v) is 9.72. The van der Waals surface area contributed by atoms with Crippen molar-refractivity contribution in [3.05, 3.63) is 61.1 Å². The number of carbonyl (C=O) groups is 1. The van der Waals surface area contributed by atoms with Crippen LogP contribution in [-0.4, -0.2) is 57.3 Å². The Kier molecular flexibility index (Phi) is 8.64. The second-order valence-electron chi connectivity index (χ2n) is 11.7. The smallest absolute Gasteiger partial charge is 0.333 e. The van der Waals surface area contributed by atoms with Gasteiger partial charge in [-0.25, -0.2) is 14.2 Å². The standard InChI is InChI=1S/C30H39N3O8S/c1-16-14-31-25(40-16)24-17(2)23-26(35)33(30(3,4)28(36)37)29(38)32(27(23)42-24)15-22(20-8-6-7-9-21(20)39-5)41-19-12-10-18(34)11-13-19/h6-9,16,18-19,22,25,31,34H,10-15H2,1-5H3,(H,36,37)/t16?,18-,19+,22-,25?/m0/s1. The van der Waals surface area contributed by atoms with Crippen molar-refractivity contribution in [1.82, 2.24) is 14.5 Å². The van der Waals surface area contributed by atoms with E-state index >= 15 is 0 Å². The van der Waals surface area contributed by atoms with Crippen LogP contribution < -0.4 is 21.3 Å². The van der Waals surface area contributed by atoms with Gasteiger partial charge in [0.05, 0.1) is 42.2 Å². The normalized spacial score (nSPS) is 23.8. The third-order valence-electron chi connectivity index (χ3n) is 8.36. The number of hydrogen-bond acceptors (Lipinski definition) is 9. The molecule has 3 N–H and O–H groups in total. The highest BCUT2D eigenvalue weighted by molar-refractivity contribution is 7.19. The Morgan fingerprint density at radius 1 is 1.21 bits per heavy atom. The van der Waals surface area contributed by atoms with Gasteiger partial charge in [0.15, 0.2) is 0 Å². The van der Waals surface area contributed by atoms with Crippen molar-refractivity contribution in [2.75, 3.05) is 13.7 Å². The highest BCUT2D eigenvalue weighted by Crippen LogP contribution is 2.38. The maximum absolute atomic E-state index is 14.2. The summed E-state index contributed by atoms with van der Waals surface area (Å²) in [6, 6.07) is 7.41. The molecule has 0 spiro atoms. The average Bonchev–Trinajstić information content (AvgIpc) is 3.54. The quantitative estimate of drug-likeness (QED) is 0.336. The molecule has 5 rings (SSSR count). The maximum Gasteiger partial charge on any atom is 0.333 e. The molecule has 1 aliphatic carbocycles. The number of aliphatic hydroxyl groups is 1. The van der Waals surface area contributed by atoms with Gasteiger partial charge in [-0.1, -0.05) is 18.2 Å². The van der Waals surface area contributed by atoms with Crippen LogP contribution in [0.4, 0.5) is 0 Å². The molecule has 0 amide bonds. The van der Waals surface area contributed by atoms with Gasteiger partial charge in [-0.2, -0.15) is 0 Å². The Morgan fingerprint density at radius 2 is 1.90 bits per heavy atom. The van der Waals surface area contributed by atoms with Crippen LogP contribution in [0.2, 0.25) is 0 Å². The van der Waals surface area contributed by atoms with E-state index in [-0.39, 0.29) is 30.2 Å². The number of hydrogen-bond donors (Lipinski definition) is 3. The second-order valence-corrected chi connectivity index (χ2v) is 12.7. The highest BCUT2D eigenvalue weighted by Gasteiger charge is 2.37. The lowest BCUT2D eigenvalue weighted by molar-refractivity contribution is -0.146. The molecule has 11 nitrogen and oxygen atoms in total. The summed E-state index contributed by atoms with van der Waals surface area (Å²) < 4.78 is 20.6. The van der Waals surface area contributed by atoms with Gasteiger partial charge in [-0.3, -0.25) is 14.7 Å². The van der Waals surface area contributed by atoms with E-state index in [1.54, 1.807) is 14.0 Å². The number of aryl methyl sites for hydroxylation is 1. The summed E-state index contributed by atoms with van der Waals surface area (Å²) in [7, 11) is 1.57. The molecule has 2 aromatic heterocycles. The monoisotopic (exact) mass is 601 g/mol. The van der Waals surface area contributed by atoms with Crippen LogP contribution in [-0.2, 0) is 26.4 Å². The van der Waals surface area contributed by atoms with Gasteiger partial charge in [-0.15, -0.1) is 11.3 Å². The minimum Gasteiger partial charge on any atom is -0.496 e. The Morgan fingerprint density at radius 3 is 2.52 bits per heavy atom. The third kappa shape index (κ3) is 5.53. The molecule has 2 aliphatic rings. The number of aliphatic carboxylic acids is 1. The SMILES string of the molecule is COc1ccccc1[C@H](Cn1c(=O)n(C(C)(C)C(=O)O)c(=O)c2c(C)c(C3NCC(C)O3)sc21)O[C@H]1CC[C@@H](O)CC1. The van der Waals surface area contributed by atoms with Gasteiger partial charge in [-0.05, 0) is 65.0 Å². The first kappa shape index (κ1) is 30.4. The summed E-state index contributed by atoms with van der Waals surface area (Å²) >= 11 is 1.29. The number of ether oxygens (including phenoxy) is 3. The average molecular weight is 602 g/mol. The molecule has 2 fully saturated rings. The lowest BCUT2D eigenvalue weighted by atomic mass is 9.94. The van der Waals surface area contributed by atoms with Crippen LogP contribution in [0.3, 0.4) is 0 Å². The zero-order valence-electron chi connectivity index (χ0n) is 24.6. The molecule has 228 valence electrons. The van der Waals surface area contributed by atoms with E-state index in [0.29, 0.717) is 48.4 Å². The molecule has 1 saturated heterocycles. The number of carboxylic acids is 1. The molecule has 1 aliphatic heterocycles. The largest absolute Gasteiger partial charge is 0.496 e. The fourth-order valence-electron chi connectivity index (χ4n) is 5.85. The lowest BCUT2D eigenvalue weighted by Gasteiger charge is -2.31. The van der Waals surface area contributed by atoms with Crippen LogP contribution >= 0.6 is 11.3 Å². The zero-order valence-corrected chi connectivity index (χ0v) is 25.4. The number of aliphatic hydroxyl groups excluding tert-OH is 1. The predicted molar refractivity (Wildman–Crippen MR) is 158 cm³/mol. The van der Waals surface area contributed by atoms with Crippen molar-refractivity contribution in [3.8, 4) is 5.75 Å². The molecule has 0 radical (unpaired) electrons. The zero-order chi connectivity index (χ0) is 30.3. The van der Waals surface area contributed by atoms with E-state index in [1.807, 2.05) is 31.2 Å². The molecular formula is C30H39N3O8S. The van der Waals surface area contributed by atoms with E-state index in [1.165, 1.54) is 29.8 Å². The molecular weight excluding hydrogens is 562 g/mol. The maximum atomic E-state index is 14.2. The van der Waals surface area contributed by atoms with E-state index in [9.17, 15) is 24.6 Å². The first-order valence-electron chi connectivity index (χ1n) is 14.3. The van der Waals surface area contributed by atoms with Crippen molar-refractivity contribution >= 4 is 27.5 Å². The minimum absolute atomic E-state index is 0.0134. The number of methoxy groups -OCH3 is 1. The summed E-state index contributed by atoms with van der Waals surface area (Å²) in [6.45, 7) is 7.11. The summed E-state index contributed by atoms with van der Waals surface area (Å²) in [6.07, 6.45) is 0.902. The molecule has 12 heteroatoms. The van der Waals surface area contributed by atoms with Gasteiger partial charge >= 0.3 is 11.7 Å². The van der Waals surface area contributed by atoms with E-state index < -0.39 is 35.1 Å². The van der Waals surface area contributed by atoms with Crippen molar-refractivity contribution < 1.29 is 29.2 Å². The topological polar surface area (TPSA) is 141 Å². The number of para-hydroxylation sites is 1. The minimum atomic E-state index is -1.81. The Hall–Kier alpha value is -3.03. The molecule has 1 aromatic carbocycles. The van der Waals surface area contributed by atoms with Crippen molar-refractivity contribution in [2.45, 2.75) is 96.1 Å². The van der Waals surface area contributed by atoms with Gasteiger partial charge in [0.1, 0.15) is 28.5 Å². The van der Waals surface area contributed by atoms with E-state index in [2.05, 4.69) is 5.32 Å². The number of aromatic nitrogens is 2. The molecule has 0 bridgehead atoms. The fourth-order valence-corrected chi connectivity index (χ4v) is 7.16. The van der Waals surface area contributed by atoms with Gasteiger partial charge in [0.2, 0.25) is 0 Å². The first-order chi connectivity index (χ1) is 19.9. The Bertz CT molecular complexity index is 1580. The number of carboxylic acid groups (broad SMARTS) is 1. The number of benzene rings is 1. The molecule has 42 heavy (non-hydrogen) atoms. The highest BCUT2D eigenvalue weighted by atomic mass is 32.1. The van der Waals surface area contributed by atoms with Crippen LogP contribution in [0, 0.1) is 6.92 Å². The summed E-state index contributed by atoms with van der Waals surface area (Å²) in [5.74, 6) is -0.712. The molecule has 3 aromatic rings. The van der Waals surface area contributed by atoms with Gasteiger partial charge < -0.3 is 24.4 Å². The van der Waals surface area contributed by atoms with E-state index in [4.69, 9.17) is 14.2 Å². The lowest BCUT2D eigenvalue weighted by Crippen LogP contribution is -2.52. The number of nitrogens with one attached hydrogen (secondary N) is 1. The molecule has 1 saturated carbocycles. The molecule has 3 atom stereocenters. The van der Waals surface area contributed by atoms with E-state index in [0.717, 1.165) is 15.0 Å². The number of rotatable bonds is 9. The van der Waals surface area contributed by atoms with Crippen molar-refractivity contribution in [3.63, 3.8) is 0 Å². The number of nitrogens with zero attached hydrogens (tertiary/aromatic N) is 2. The number of fused-ring (bicyclic) bond motifs is 1. The van der Waals surface area contributed by atoms with Crippen molar-refractivity contribution in [2.24, 2.45) is 0 Å². The fraction of sp³-hybridized carbons (Fsp3) is 0.567. The second kappa shape index (κ2) is 11.9. The molecule has 2 unspecified atom stereocenters. The van der Waals surface area contributed by atoms with Gasteiger partial charge in [0.25, 0.3) is 5.56 Å². The predicted octanol–water partition coefficient (Wildman–Crippen LogP) is 3.43. The summed E-state index contributed by atoms with van der Waals surface area (Å²) in [4.78, 5) is 41.7. The Labute approximate surface area is 247 Å². The van der Waals surface area contributed by atoms with Crippen LogP contribution in [0.25, 0.3) is 10.2 Å². The summed E-state index contributed by atoms with van der Waals surface area (Å²) in [5, 5.41) is 23.7. The van der Waals surface area contributed by atoms with Crippen LogP contribution in [0.5, 0.6) is 5.75 Å².